The van der Waals surface area contributed by atoms with Crippen LogP contribution in [-0.4, -0.2) is 35.6 Å². The van der Waals surface area contributed by atoms with Crippen LogP contribution in [0.1, 0.15) is 22.7 Å². The summed E-state index contributed by atoms with van der Waals surface area (Å²) >= 11 is 1.72. The number of nitrogens with zero attached hydrogens (tertiary/aromatic N) is 2. The molecular weight excluding hydrogens is 364 g/mol. The fourth-order valence-corrected chi connectivity index (χ4v) is 3.08. The van der Waals surface area contributed by atoms with E-state index in [4.69, 9.17) is 9.15 Å². The molecule has 7 heteroatoms. The summed E-state index contributed by atoms with van der Waals surface area (Å²) in [5, 5.41) is 8.14. The van der Waals surface area contributed by atoms with Gasteiger partial charge in [-0.1, -0.05) is 18.2 Å². The first kappa shape index (κ1) is 19.0. The van der Waals surface area contributed by atoms with E-state index in [0.717, 1.165) is 23.5 Å². The van der Waals surface area contributed by atoms with Crippen LogP contribution in [0, 0.1) is 0 Å². The molecule has 0 aliphatic carbocycles. The molecule has 0 amide bonds. The van der Waals surface area contributed by atoms with Crippen LogP contribution in [-0.2, 0) is 10.5 Å². The maximum Gasteiger partial charge on any atom is 0.337 e. The number of carbonyl (C=O) groups is 1. The van der Waals surface area contributed by atoms with E-state index in [9.17, 15) is 4.79 Å². The maximum absolute atomic E-state index is 11.5. The van der Waals surface area contributed by atoms with Gasteiger partial charge in [0.05, 0.1) is 25.0 Å². The average molecular weight is 384 g/mol. The van der Waals surface area contributed by atoms with E-state index in [1.54, 1.807) is 36.0 Å². The minimum atomic E-state index is -0.375. The van der Waals surface area contributed by atoms with Crippen LogP contribution < -0.4 is 4.74 Å². The Morgan fingerprint density at radius 2 is 1.85 bits per heavy atom. The highest BCUT2D eigenvalue weighted by atomic mass is 32.2. The minimum absolute atomic E-state index is 0.375. The maximum atomic E-state index is 11.5. The fourth-order valence-electron chi connectivity index (χ4n) is 2.32. The van der Waals surface area contributed by atoms with Crippen LogP contribution >= 0.6 is 11.8 Å². The van der Waals surface area contributed by atoms with Crippen molar-refractivity contribution in [1.82, 2.24) is 10.2 Å². The molecule has 0 saturated carbocycles. The standard InChI is InChI=1S/C20H20N2O4S/c1-24-20(23)16-10-8-15(9-11-16)19-22-21-18(26-19)14-27-13-5-12-25-17-6-3-2-4-7-17/h2-4,6-11H,5,12-14H2,1H3. The number of methoxy groups -OCH3 is 1. The number of thioether (sulfide) groups is 1. The summed E-state index contributed by atoms with van der Waals surface area (Å²) in [6, 6.07) is 16.7. The Morgan fingerprint density at radius 1 is 1.07 bits per heavy atom. The Labute approximate surface area is 161 Å². The first-order valence-electron chi connectivity index (χ1n) is 8.53. The Kier molecular flexibility index (Phi) is 6.87. The molecule has 1 heterocycles. The Hall–Kier alpha value is -2.80. The van der Waals surface area contributed by atoms with Crippen LogP contribution in [0.15, 0.2) is 59.0 Å². The summed E-state index contributed by atoms with van der Waals surface area (Å²) in [6.07, 6.45) is 0.940. The van der Waals surface area contributed by atoms with Gasteiger partial charge in [-0.05, 0) is 48.6 Å². The largest absolute Gasteiger partial charge is 0.494 e. The summed E-state index contributed by atoms with van der Waals surface area (Å²) in [7, 11) is 1.35. The minimum Gasteiger partial charge on any atom is -0.494 e. The molecule has 140 valence electrons. The number of para-hydroxylation sites is 1. The zero-order valence-corrected chi connectivity index (χ0v) is 15.8. The molecule has 0 unspecified atom stereocenters. The molecular formula is C20H20N2O4S. The summed E-state index contributed by atoms with van der Waals surface area (Å²) in [4.78, 5) is 11.5. The molecule has 0 atom stereocenters. The van der Waals surface area contributed by atoms with Gasteiger partial charge < -0.3 is 13.9 Å². The van der Waals surface area contributed by atoms with Crippen molar-refractivity contribution < 1.29 is 18.7 Å². The van der Waals surface area contributed by atoms with Crippen molar-refractivity contribution in [3.8, 4) is 17.2 Å². The molecule has 0 bridgehead atoms. The summed E-state index contributed by atoms with van der Waals surface area (Å²) in [5.41, 5.74) is 1.25. The molecule has 0 aliphatic rings. The van der Waals surface area contributed by atoms with Gasteiger partial charge >= 0.3 is 5.97 Å². The number of aromatic nitrogens is 2. The van der Waals surface area contributed by atoms with E-state index in [1.807, 2.05) is 30.3 Å². The van der Waals surface area contributed by atoms with E-state index in [-0.39, 0.29) is 5.97 Å². The number of ether oxygens (including phenoxy) is 2. The first-order chi connectivity index (χ1) is 13.3. The SMILES string of the molecule is COC(=O)c1ccc(-c2nnc(CSCCCOc3ccccc3)o2)cc1. The number of hydrogen-bond donors (Lipinski definition) is 0. The van der Waals surface area contributed by atoms with E-state index in [1.165, 1.54) is 7.11 Å². The number of rotatable bonds is 9. The van der Waals surface area contributed by atoms with Crippen LogP contribution in [0.25, 0.3) is 11.5 Å². The lowest BCUT2D eigenvalue weighted by atomic mass is 10.1. The van der Waals surface area contributed by atoms with E-state index in [0.29, 0.717) is 29.7 Å². The predicted molar refractivity (Wildman–Crippen MR) is 104 cm³/mol. The topological polar surface area (TPSA) is 74.5 Å². The van der Waals surface area contributed by atoms with Crippen molar-refractivity contribution in [2.75, 3.05) is 19.5 Å². The number of esters is 1. The highest BCUT2D eigenvalue weighted by Gasteiger charge is 2.10. The molecule has 0 saturated heterocycles. The van der Waals surface area contributed by atoms with Crippen molar-refractivity contribution in [2.45, 2.75) is 12.2 Å². The lowest BCUT2D eigenvalue weighted by Gasteiger charge is -2.04. The zero-order chi connectivity index (χ0) is 18.9. The van der Waals surface area contributed by atoms with Gasteiger partial charge in [0.1, 0.15) is 5.75 Å². The third kappa shape index (κ3) is 5.59. The first-order valence-corrected chi connectivity index (χ1v) is 9.68. The second-order valence-electron chi connectivity index (χ2n) is 5.64. The van der Waals surface area contributed by atoms with Crippen LogP contribution in [0.4, 0.5) is 0 Å². The molecule has 3 rings (SSSR count). The van der Waals surface area contributed by atoms with Crippen molar-refractivity contribution >= 4 is 17.7 Å². The summed E-state index contributed by atoms with van der Waals surface area (Å²) in [5.74, 6) is 3.13. The number of benzene rings is 2. The lowest BCUT2D eigenvalue weighted by molar-refractivity contribution is 0.0600. The van der Waals surface area contributed by atoms with Crippen molar-refractivity contribution in [1.29, 1.82) is 0 Å². The van der Waals surface area contributed by atoms with Gasteiger partial charge in [0, 0.05) is 5.56 Å². The van der Waals surface area contributed by atoms with E-state index >= 15 is 0 Å². The molecule has 2 aromatic carbocycles. The van der Waals surface area contributed by atoms with E-state index in [2.05, 4.69) is 14.9 Å². The van der Waals surface area contributed by atoms with Crippen LogP contribution in [0.3, 0.4) is 0 Å². The third-order valence-corrected chi connectivity index (χ3v) is 4.72. The Balaban J connectivity index is 1.41. The van der Waals surface area contributed by atoms with Crippen LogP contribution in [0.2, 0.25) is 0 Å². The van der Waals surface area contributed by atoms with Crippen LogP contribution in [0.5, 0.6) is 5.75 Å². The predicted octanol–water partition coefficient (Wildman–Crippen LogP) is 4.23. The van der Waals surface area contributed by atoms with Gasteiger partial charge in [0.15, 0.2) is 0 Å². The van der Waals surface area contributed by atoms with Gasteiger partial charge in [-0.25, -0.2) is 4.79 Å². The highest BCUT2D eigenvalue weighted by molar-refractivity contribution is 7.98. The van der Waals surface area contributed by atoms with Crippen molar-refractivity contribution in [3.05, 3.63) is 66.1 Å². The zero-order valence-electron chi connectivity index (χ0n) is 15.0. The average Bonchev–Trinajstić information content (AvgIpc) is 3.20. The molecule has 3 aromatic rings. The number of hydrogen-bond acceptors (Lipinski definition) is 7. The highest BCUT2D eigenvalue weighted by Crippen LogP contribution is 2.21. The molecule has 6 nitrogen and oxygen atoms in total. The second-order valence-corrected chi connectivity index (χ2v) is 6.74. The van der Waals surface area contributed by atoms with Crippen molar-refractivity contribution in [3.63, 3.8) is 0 Å². The third-order valence-electron chi connectivity index (χ3n) is 3.69. The summed E-state index contributed by atoms with van der Waals surface area (Å²) in [6.45, 7) is 0.679. The molecule has 0 aliphatic heterocycles. The molecule has 0 radical (unpaired) electrons. The fraction of sp³-hybridized carbons (Fsp3) is 0.250. The smallest absolute Gasteiger partial charge is 0.337 e. The second kappa shape index (κ2) is 9.78. The Morgan fingerprint density at radius 3 is 2.59 bits per heavy atom. The van der Waals surface area contributed by atoms with Gasteiger partial charge in [-0.2, -0.15) is 11.8 Å². The van der Waals surface area contributed by atoms with Gasteiger partial charge in [0.2, 0.25) is 11.8 Å². The van der Waals surface area contributed by atoms with Gasteiger partial charge in [-0.3, -0.25) is 0 Å². The molecule has 27 heavy (non-hydrogen) atoms. The van der Waals surface area contributed by atoms with Crippen molar-refractivity contribution in [2.24, 2.45) is 0 Å². The molecule has 1 aromatic heterocycles. The molecule has 0 spiro atoms. The van der Waals surface area contributed by atoms with E-state index < -0.39 is 0 Å². The van der Waals surface area contributed by atoms with Gasteiger partial charge in [-0.15, -0.1) is 10.2 Å². The quantitative estimate of drug-likeness (QED) is 0.404. The summed E-state index contributed by atoms with van der Waals surface area (Å²) < 4.78 is 16.0. The lowest BCUT2D eigenvalue weighted by Crippen LogP contribution is -2.00. The molecule has 0 fully saturated rings. The molecule has 0 N–H and O–H groups in total. The number of carbonyl (C=O) groups excluding carboxylic acids is 1. The monoisotopic (exact) mass is 384 g/mol. The van der Waals surface area contributed by atoms with Gasteiger partial charge in [0.25, 0.3) is 0 Å². The Bertz CT molecular complexity index is 850. The normalized spacial score (nSPS) is 10.6.